The minimum absolute atomic E-state index is 0.574. The molecule has 20 heavy (non-hydrogen) atoms. The third-order valence-electron chi connectivity index (χ3n) is 3.05. The second-order valence-electron chi connectivity index (χ2n) is 4.22. The van der Waals surface area contributed by atoms with Crippen molar-refractivity contribution >= 4 is 50.8 Å². The van der Waals surface area contributed by atoms with Crippen LogP contribution >= 0.6 is 39.7 Å². The van der Waals surface area contributed by atoms with Crippen molar-refractivity contribution in [3.8, 4) is 11.4 Å². The Hall–Kier alpha value is -1.30. The zero-order valence-electron chi connectivity index (χ0n) is 10.5. The van der Waals surface area contributed by atoms with E-state index in [0.717, 1.165) is 26.9 Å². The molecule has 1 aromatic heterocycles. The Balaban J connectivity index is 2.40. The van der Waals surface area contributed by atoms with E-state index in [0.29, 0.717) is 9.79 Å². The molecule has 0 aliphatic carbocycles. The first kappa shape index (κ1) is 13.7. The van der Waals surface area contributed by atoms with Gasteiger partial charge in [-0.15, -0.1) is 0 Å². The monoisotopic (exact) mass is 368 g/mol. The molecule has 1 N–H and O–H groups in total. The third kappa shape index (κ3) is 2.16. The lowest BCUT2D eigenvalue weighted by Gasteiger charge is -2.08. The van der Waals surface area contributed by atoms with Crippen LogP contribution in [0.1, 0.15) is 0 Å². The lowest BCUT2D eigenvalue weighted by Crippen LogP contribution is -1.95. The largest absolute Gasteiger partial charge is 0.494 e. The van der Waals surface area contributed by atoms with Crippen molar-refractivity contribution in [2.24, 2.45) is 0 Å². The predicted octanol–water partition coefficient (Wildman–Crippen LogP) is 5.11. The van der Waals surface area contributed by atoms with Crippen molar-refractivity contribution in [1.82, 2.24) is 9.55 Å². The highest BCUT2D eigenvalue weighted by molar-refractivity contribution is 9.10. The molecule has 0 amide bonds. The number of imidazole rings is 1. The second-order valence-corrected chi connectivity index (χ2v) is 5.93. The second kappa shape index (κ2) is 5.24. The van der Waals surface area contributed by atoms with Crippen molar-refractivity contribution in [1.29, 1.82) is 0 Å². The van der Waals surface area contributed by atoms with Gasteiger partial charge in [-0.25, -0.2) is 0 Å². The highest BCUT2D eigenvalue weighted by Gasteiger charge is 2.12. The molecule has 0 saturated carbocycles. The number of halogens is 2. The summed E-state index contributed by atoms with van der Waals surface area (Å²) in [6, 6.07) is 11.4. The quantitative estimate of drug-likeness (QED) is 0.636. The van der Waals surface area contributed by atoms with E-state index in [4.69, 9.17) is 28.6 Å². The Bertz CT molecular complexity index is 856. The molecule has 2 aromatic carbocycles. The molecule has 6 heteroatoms. The molecule has 3 rings (SSSR count). The van der Waals surface area contributed by atoms with Crippen LogP contribution in [0.15, 0.2) is 40.9 Å². The maximum absolute atomic E-state index is 6.30. The number of hydrogen-bond acceptors (Lipinski definition) is 2. The summed E-state index contributed by atoms with van der Waals surface area (Å²) in [4.78, 5) is 3.17. The molecule has 0 aliphatic heterocycles. The Morgan fingerprint density at radius 2 is 2.10 bits per heavy atom. The lowest BCUT2D eigenvalue weighted by molar-refractivity contribution is 0.419. The summed E-state index contributed by atoms with van der Waals surface area (Å²) < 4.78 is 8.77. The van der Waals surface area contributed by atoms with Gasteiger partial charge >= 0.3 is 0 Å². The average Bonchev–Trinajstić information content (AvgIpc) is 2.77. The van der Waals surface area contributed by atoms with Gasteiger partial charge in [-0.2, -0.15) is 0 Å². The van der Waals surface area contributed by atoms with E-state index in [2.05, 4.69) is 20.9 Å². The van der Waals surface area contributed by atoms with Gasteiger partial charge in [0.2, 0.25) is 0 Å². The number of aromatic nitrogens is 2. The van der Waals surface area contributed by atoms with E-state index in [-0.39, 0.29) is 0 Å². The van der Waals surface area contributed by atoms with E-state index in [1.165, 1.54) is 0 Å². The van der Waals surface area contributed by atoms with Crippen LogP contribution in [0, 0.1) is 4.77 Å². The van der Waals surface area contributed by atoms with E-state index in [1.807, 2.05) is 41.0 Å². The molecule has 0 saturated heterocycles. The van der Waals surface area contributed by atoms with Crippen LogP contribution in [0.4, 0.5) is 0 Å². The average molecular weight is 370 g/mol. The van der Waals surface area contributed by atoms with Crippen LogP contribution in [0.2, 0.25) is 5.02 Å². The van der Waals surface area contributed by atoms with E-state index < -0.39 is 0 Å². The standard InChI is InChI=1S/C14H10BrClN2OS/c1-19-12-4-2-3-10-13(12)17-14(20)18(10)11-7-8(15)5-6-9(11)16/h2-7H,1H3,(H,17,20). The summed E-state index contributed by atoms with van der Waals surface area (Å²) in [5, 5.41) is 0.632. The van der Waals surface area contributed by atoms with Crippen molar-refractivity contribution in [2.75, 3.05) is 7.11 Å². The Morgan fingerprint density at radius 1 is 1.30 bits per heavy atom. The van der Waals surface area contributed by atoms with Crippen molar-refractivity contribution in [3.05, 3.63) is 50.7 Å². The molecular weight excluding hydrogens is 360 g/mol. The third-order valence-corrected chi connectivity index (χ3v) is 4.15. The smallest absolute Gasteiger partial charge is 0.182 e. The number of benzene rings is 2. The highest BCUT2D eigenvalue weighted by atomic mass is 79.9. The molecule has 0 radical (unpaired) electrons. The summed E-state index contributed by atoms with van der Waals surface area (Å²) in [6.07, 6.45) is 0. The molecule has 102 valence electrons. The minimum atomic E-state index is 0.574. The minimum Gasteiger partial charge on any atom is -0.494 e. The Morgan fingerprint density at radius 3 is 2.85 bits per heavy atom. The molecule has 0 unspecified atom stereocenters. The molecule has 0 atom stereocenters. The van der Waals surface area contributed by atoms with Crippen LogP contribution in [-0.2, 0) is 0 Å². The van der Waals surface area contributed by atoms with Gasteiger partial charge in [-0.05, 0) is 42.5 Å². The normalized spacial score (nSPS) is 10.9. The molecule has 3 nitrogen and oxygen atoms in total. The molecule has 0 bridgehead atoms. The number of hydrogen-bond donors (Lipinski definition) is 1. The molecule has 3 aromatic rings. The first-order chi connectivity index (χ1) is 9.61. The fraction of sp³-hybridized carbons (Fsp3) is 0.0714. The lowest BCUT2D eigenvalue weighted by atomic mass is 10.2. The zero-order chi connectivity index (χ0) is 14.3. The Labute approximate surface area is 134 Å². The Kier molecular flexibility index (Phi) is 3.58. The molecule has 0 aliphatic rings. The van der Waals surface area contributed by atoms with Crippen LogP contribution < -0.4 is 4.74 Å². The molecule has 1 heterocycles. The SMILES string of the molecule is COc1cccc2c1[nH]c(=S)n2-c1cc(Br)ccc1Cl. The van der Waals surface area contributed by atoms with Crippen molar-refractivity contribution < 1.29 is 4.74 Å². The zero-order valence-corrected chi connectivity index (χ0v) is 13.6. The van der Waals surface area contributed by atoms with Crippen molar-refractivity contribution in [2.45, 2.75) is 0 Å². The maximum Gasteiger partial charge on any atom is 0.182 e. The summed E-state index contributed by atoms with van der Waals surface area (Å²) in [7, 11) is 1.63. The van der Waals surface area contributed by atoms with Crippen LogP contribution in [-0.4, -0.2) is 16.7 Å². The number of H-pyrrole nitrogens is 1. The summed E-state index contributed by atoms with van der Waals surface area (Å²) in [6.45, 7) is 0. The fourth-order valence-corrected chi connectivity index (χ4v) is 3.02. The highest BCUT2D eigenvalue weighted by Crippen LogP contribution is 2.31. The van der Waals surface area contributed by atoms with Crippen molar-refractivity contribution in [3.63, 3.8) is 0 Å². The predicted molar refractivity (Wildman–Crippen MR) is 87.7 cm³/mol. The van der Waals surface area contributed by atoms with Crippen LogP contribution in [0.25, 0.3) is 16.7 Å². The van der Waals surface area contributed by atoms with Gasteiger partial charge in [0.05, 0.1) is 23.3 Å². The molecule has 0 fully saturated rings. The van der Waals surface area contributed by atoms with E-state index in [1.54, 1.807) is 7.11 Å². The van der Waals surface area contributed by atoms with Gasteiger partial charge in [0.1, 0.15) is 11.3 Å². The number of rotatable bonds is 2. The van der Waals surface area contributed by atoms with Crippen LogP contribution in [0.3, 0.4) is 0 Å². The van der Waals surface area contributed by atoms with Gasteiger partial charge in [0.15, 0.2) is 4.77 Å². The van der Waals surface area contributed by atoms with Gasteiger partial charge in [0.25, 0.3) is 0 Å². The number of nitrogens with one attached hydrogen (secondary N) is 1. The number of methoxy groups -OCH3 is 1. The van der Waals surface area contributed by atoms with E-state index in [9.17, 15) is 0 Å². The number of fused-ring (bicyclic) bond motifs is 1. The first-order valence-corrected chi connectivity index (χ1v) is 7.43. The fourth-order valence-electron chi connectivity index (χ4n) is 2.17. The number of nitrogens with zero attached hydrogens (tertiary/aromatic N) is 1. The summed E-state index contributed by atoms with van der Waals surface area (Å²) in [5.41, 5.74) is 2.61. The number of para-hydroxylation sites is 1. The summed E-state index contributed by atoms with van der Waals surface area (Å²) in [5.74, 6) is 0.749. The number of aromatic amines is 1. The van der Waals surface area contributed by atoms with Gasteiger partial charge in [0, 0.05) is 4.47 Å². The number of ether oxygens (including phenoxy) is 1. The summed E-state index contributed by atoms with van der Waals surface area (Å²) >= 11 is 15.2. The van der Waals surface area contributed by atoms with Gasteiger partial charge < -0.3 is 9.72 Å². The van der Waals surface area contributed by atoms with Gasteiger partial charge in [-0.3, -0.25) is 4.57 Å². The molecule has 0 spiro atoms. The molecular formula is C14H10BrClN2OS. The topological polar surface area (TPSA) is 29.9 Å². The maximum atomic E-state index is 6.30. The first-order valence-electron chi connectivity index (χ1n) is 5.85. The van der Waals surface area contributed by atoms with Gasteiger partial charge in [-0.1, -0.05) is 33.6 Å². The van der Waals surface area contributed by atoms with E-state index >= 15 is 0 Å². The van der Waals surface area contributed by atoms with Crippen LogP contribution in [0.5, 0.6) is 5.75 Å².